The Bertz CT molecular complexity index is 404. The van der Waals surface area contributed by atoms with Crippen LogP contribution in [0.3, 0.4) is 0 Å². The van der Waals surface area contributed by atoms with E-state index in [-0.39, 0.29) is 6.61 Å². The number of esters is 1. The van der Waals surface area contributed by atoms with E-state index in [1.54, 1.807) is 24.3 Å². The van der Waals surface area contributed by atoms with Crippen LogP contribution in [0.2, 0.25) is 0 Å². The van der Waals surface area contributed by atoms with Gasteiger partial charge < -0.3 is 9.47 Å². The SMILES string of the molecule is COc1ccccc1C(=O)OCC#CS. The maximum atomic E-state index is 11.5. The van der Waals surface area contributed by atoms with Crippen LogP contribution in [0.4, 0.5) is 0 Å². The molecular formula is C11H10O3S. The van der Waals surface area contributed by atoms with E-state index in [0.717, 1.165) is 0 Å². The summed E-state index contributed by atoms with van der Waals surface area (Å²) in [5.74, 6) is 2.55. The number of ether oxygens (including phenoxy) is 2. The van der Waals surface area contributed by atoms with Gasteiger partial charge in [0.25, 0.3) is 0 Å². The van der Waals surface area contributed by atoms with Crippen LogP contribution in [0.5, 0.6) is 5.75 Å². The van der Waals surface area contributed by atoms with Crippen molar-refractivity contribution in [3.8, 4) is 16.9 Å². The molecule has 0 amide bonds. The molecule has 0 atom stereocenters. The van der Waals surface area contributed by atoms with Gasteiger partial charge in [0.15, 0.2) is 6.61 Å². The van der Waals surface area contributed by atoms with Crippen molar-refractivity contribution in [3.63, 3.8) is 0 Å². The largest absolute Gasteiger partial charge is 0.496 e. The minimum Gasteiger partial charge on any atom is -0.496 e. The zero-order valence-corrected chi connectivity index (χ0v) is 9.08. The predicted octanol–water partition coefficient (Wildman–Crippen LogP) is 1.74. The molecule has 0 unspecified atom stereocenters. The number of methoxy groups -OCH3 is 1. The Kier molecular flexibility index (Phi) is 4.58. The molecule has 0 aliphatic rings. The molecule has 0 saturated carbocycles. The van der Waals surface area contributed by atoms with Gasteiger partial charge in [-0.05, 0) is 17.4 Å². The molecule has 1 aromatic carbocycles. The van der Waals surface area contributed by atoms with E-state index in [1.165, 1.54) is 7.11 Å². The molecule has 0 aliphatic heterocycles. The summed E-state index contributed by atoms with van der Waals surface area (Å²) in [7, 11) is 1.50. The highest BCUT2D eigenvalue weighted by Crippen LogP contribution is 2.17. The number of carbonyl (C=O) groups is 1. The second kappa shape index (κ2) is 5.99. The standard InChI is InChI=1S/C11H10O3S/c1-13-10-6-3-2-5-9(10)11(12)14-7-4-8-15/h2-3,5-6,15H,7H2,1H3. The highest BCUT2D eigenvalue weighted by Gasteiger charge is 2.11. The normalized spacial score (nSPS) is 8.67. The van der Waals surface area contributed by atoms with Crippen molar-refractivity contribution < 1.29 is 14.3 Å². The van der Waals surface area contributed by atoms with Crippen LogP contribution in [0.15, 0.2) is 24.3 Å². The summed E-state index contributed by atoms with van der Waals surface area (Å²) in [6, 6.07) is 6.85. The summed E-state index contributed by atoms with van der Waals surface area (Å²) in [5, 5.41) is 2.34. The minimum atomic E-state index is -0.455. The molecule has 0 aromatic heterocycles. The highest BCUT2D eigenvalue weighted by atomic mass is 32.1. The number of carbonyl (C=O) groups excluding carboxylic acids is 1. The zero-order valence-electron chi connectivity index (χ0n) is 8.19. The fraction of sp³-hybridized carbons (Fsp3) is 0.182. The smallest absolute Gasteiger partial charge is 0.342 e. The predicted molar refractivity (Wildman–Crippen MR) is 60.0 cm³/mol. The lowest BCUT2D eigenvalue weighted by Crippen LogP contribution is -2.07. The Labute approximate surface area is 93.8 Å². The molecule has 0 bridgehead atoms. The average molecular weight is 222 g/mol. The first kappa shape index (κ1) is 11.5. The fourth-order valence-electron chi connectivity index (χ4n) is 1.02. The molecule has 0 N–H and O–H groups in total. The Hall–Kier alpha value is -1.60. The van der Waals surface area contributed by atoms with Gasteiger partial charge in [0.2, 0.25) is 0 Å². The van der Waals surface area contributed by atoms with Crippen molar-refractivity contribution in [2.75, 3.05) is 13.7 Å². The molecule has 0 saturated heterocycles. The topological polar surface area (TPSA) is 35.5 Å². The van der Waals surface area contributed by atoms with Crippen LogP contribution in [-0.2, 0) is 4.74 Å². The molecule has 0 spiro atoms. The van der Waals surface area contributed by atoms with Gasteiger partial charge in [-0.25, -0.2) is 4.79 Å². The van der Waals surface area contributed by atoms with Crippen LogP contribution < -0.4 is 4.74 Å². The van der Waals surface area contributed by atoms with Crippen molar-refractivity contribution in [1.29, 1.82) is 0 Å². The molecule has 0 aliphatic carbocycles. The highest BCUT2D eigenvalue weighted by molar-refractivity contribution is 7.85. The molecule has 3 nitrogen and oxygen atoms in total. The van der Waals surface area contributed by atoms with Gasteiger partial charge >= 0.3 is 5.97 Å². The van der Waals surface area contributed by atoms with Crippen molar-refractivity contribution in [1.82, 2.24) is 0 Å². The van der Waals surface area contributed by atoms with Gasteiger partial charge in [0, 0.05) is 0 Å². The average Bonchev–Trinajstić information content (AvgIpc) is 2.29. The molecule has 15 heavy (non-hydrogen) atoms. The monoisotopic (exact) mass is 222 g/mol. The lowest BCUT2D eigenvalue weighted by molar-refractivity contribution is 0.0553. The van der Waals surface area contributed by atoms with Crippen molar-refractivity contribution >= 4 is 18.6 Å². The summed E-state index contributed by atoms with van der Waals surface area (Å²) in [6.07, 6.45) is 0. The van der Waals surface area contributed by atoms with Crippen LogP contribution in [0, 0.1) is 11.2 Å². The molecule has 1 rings (SSSR count). The summed E-state index contributed by atoms with van der Waals surface area (Å²) in [5.41, 5.74) is 0.390. The van der Waals surface area contributed by atoms with Gasteiger partial charge in [-0.2, -0.15) is 0 Å². The van der Waals surface area contributed by atoms with Crippen molar-refractivity contribution in [3.05, 3.63) is 29.8 Å². The molecule has 4 heteroatoms. The van der Waals surface area contributed by atoms with Gasteiger partial charge in [0.05, 0.1) is 7.11 Å². The number of hydrogen-bond donors (Lipinski definition) is 1. The molecule has 0 fully saturated rings. The fourth-order valence-corrected chi connectivity index (χ4v) is 1.09. The Morgan fingerprint density at radius 2 is 2.20 bits per heavy atom. The molecule has 1 aromatic rings. The van der Waals surface area contributed by atoms with Crippen LogP contribution in [0.1, 0.15) is 10.4 Å². The lowest BCUT2D eigenvalue weighted by atomic mass is 10.2. The van der Waals surface area contributed by atoms with Crippen molar-refractivity contribution in [2.24, 2.45) is 0 Å². The summed E-state index contributed by atoms with van der Waals surface area (Å²) < 4.78 is 9.89. The van der Waals surface area contributed by atoms with Gasteiger partial charge in [-0.3, -0.25) is 0 Å². The van der Waals surface area contributed by atoms with Gasteiger partial charge in [0.1, 0.15) is 11.3 Å². The summed E-state index contributed by atoms with van der Waals surface area (Å²) in [6.45, 7) is 0.0282. The number of rotatable bonds is 3. The van der Waals surface area contributed by atoms with Crippen molar-refractivity contribution in [2.45, 2.75) is 0 Å². The lowest BCUT2D eigenvalue weighted by Gasteiger charge is -2.06. The van der Waals surface area contributed by atoms with Crippen LogP contribution >= 0.6 is 12.6 Å². The Balaban J connectivity index is 2.75. The summed E-state index contributed by atoms with van der Waals surface area (Å²) >= 11 is 3.67. The molecule has 0 heterocycles. The Morgan fingerprint density at radius 1 is 1.47 bits per heavy atom. The number of thiol groups is 1. The van der Waals surface area contributed by atoms with Crippen LogP contribution in [0.25, 0.3) is 0 Å². The van der Waals surface area contributed by atoms with E-state index in [1.807, 2.05) is 0 Å². The second-order valence-corrected chi connectivity index (χ2v) is 2.79. The third-order valence-corrected chi connectivity index (χ3v) is 1.84. The maximum absolute atomic E-state index is 11.5. The number of benzene rings is 1. The van der Waals surface area contributed by atoms with E-state index >= 15 is 0 Å². The molecule has 78 valence electrons. The quantitative estimate of drug-likeness (QED) is 0.480. The van der Waals surface area contributed by atoms with Gasteiger partial charge in [-0.15, -0.1) is 0 Å². The third kappa shape index (κ3) is 3.22. The van der Waals surface area contributed by atoms with Crippen LogP contribution in [-0.4, -0.2) is 19.7 Å². The minimum absolute atomic E-state index is 0.0282. The second-order valence-electron chi connectivity index (χ2n) is 2.56. The third-order valence-electron chi connectivity index (χ3n) is 1.68. The summed E-state index contributed by atoms with van der Waals surface area (Å²) in [4.78, 5) is 11.5. The molecular weight excluding hydrogens is 212 g/mol. The van der Waals surface area contributed by atoms with E-state index in [4.69, 9.17) is 9.47 Å². The van der Waals surface area contributed by atoms with E-state index < -0.39 is 5.97 Å². The zero-order chi connectivity index (χ0) is 11.1. The van der Waals surface area contributed by atoms with E-state index in [9.17, 15) is 4.79 Å². The first-order valence-corrected chi connectivity index (χ1v) is 4.66. The maximum Gasteiger partial charge on any atom is 0.342 e. The Morgan fingerprint density at radius 3 is 2.87 bits per heavy atom. The number of para-hydroxylation sites is 1. The van der Waals surface area contributed by atoms with Gasteiger partial charge in [-0.1, -0.05) is 30.7 Å². The van der Waals surface area contributed by atoms with E-state index in [0.29, 0.717) is 11.3 Å². The number of hydrogen-bond acceptors (Lipinski definition) is 4. The molecule has 0 radical (unpaired) electrons. The van der Waals surface area contributed by atoms with E-state index in [2.05, 4.69) is 23.8 Å². The first-order chi connectivity index (χ1) is 7.29. The first-order valence-electron chi connectivity index (χ1n) is 4.21.